The van der Waals surface area contributed by atoms with Crippen molar-refractivity contribution >= 4 is 23.3 Å². The number of aliphatic hydroxyl groups is 1. The molecule has 0 amide bonds. The first-order chi connectivity index (χ1) is 6.15. The molecule has 0 fully saturated rings. The Labute approximate surface area is 75.0 Å². The number of aromatic nitrogens is 2. The topological polar surface area (TPSA) is 136 Å². The molecular weight excluding hydrogens is 172 g/mol. The maximum atomic E-state index is 8.52. The van der Waals surface area contributed by atoms with E-state index < -0.39 is 0 Å². The van der Waals surface area contributed by atoms with Crippen molar-refractivity contribution in [2.45, 2.75) is 0 Å². The van der Waals surface area contributed by atoms with Crippen LogP contribution in [0.5, 0.6) is 0 Å². The van der Waals surface area contributed by atoms with Crippen LogP contribution in [0.1, 0.15) is 0 Å². The predicted octanol–water partition coefficient (Wildman–Crippen LogP) is -1.37. The number of rotatable bonds is 3. The predicted molar refractivity (Wildman–Crippen MR) is 50.8 cm³/mol. The van der Waals surface area contributed by atoms with Gasteiger partial charge in [0.15, 0.2) is 11.6 Å². The van der Waals surface area contributed by atoms with E-state index in [0.717, 1.165) is 0 Å². The van der Waals surface area contributed by atoms with Crippen LogP contribution < -0.4 is 22.5 Å². The monoisotopic (exact) mass is 184 g/mol. The van der Waals surface area contributed by atoms with E-state index in [1.807, 2.05) is 0 Å². The van der Waals surface area contributed by atoms with E-state index in [0.29, 0.717) is 6.54 Å². The molecule has 1 aromatic heterocycles. The Balaban J connectivity index is 2.86. The summed E-state index contributed by atoms with van der Waals surface area (Å²) in [6.45, 7) is 0.316. The molecule has 8 N–H and O–H groups in total. The number of nitrogens with zero attached hydrogens (tertiary/aromatic N) is 2. The summed E-state index contributed by atoms with van der Waals surface area (Å²) in [5.41, 5.74) is 16.5. The quantitative estimate of drug-likeness (QED) is 0.390. The second-order valence-electron chi connectivity index (χ2n) is 2.38. The molecule has 0 aromatic carbocycles. The first kappa shape index (κ1) is 9.33. The minimum Gasteiger partial charge on any atom is -0.395 e. The van der Waals surface area contributed by atoms with E-state index >= 15 is 0 Å². The highest BCUT2D eigenvalue weighted by atomic mass is 16.3. The molecule has 0 spiro atoms. The van der Waals surface area contributed by atoms with Gasteiger partial charge in [0.2, 0.25) is 5.95 Å². The summed E-state index contributed by atoms with van der Waals surface area (Å²) in [6, 6.07) is 0. The van der Waals surface area contributed by atoms with Crippen LogP contribution in [0.15, 0.2) is 0 Å². The van der Waals surface area contributed by atoms with Gasteiger partial charge in [-0.3, -0.25) is 0 Å². The number of nitrogens with one attached hydrogen (secondary N) is 1. The van der Waals surface area contributed by atoms with Crippen LogP contribution in [0, 0.1) is 0 Å². The van der Waals surface area contributed by atoms with Crippen LogP contribution in [0.4, 0.5) is 23.3 Å². The molecule has 0 saturated heterocycles. The van der Waals surface area contributed by atoms with E-state index in [1.54, 1.807) is 0 Å². The van der Waals surface area contributed by atoms with Crippen LogP contribution in [-0.4, -0.2) is 28.2 Å². The maximum Gasteiger partial charge on any atom is 0.226 e. The molecule has 72 valence electrons. The summed E-state index contributed by atoms with van der Waals surface area (Å²) in [7, 11) is 0. The molecular formula is C6H12N6O. The fourth-order valence-corrected chi connectivity index (χ4v) is 0.752. The first-order valence-corrected chi connectivity index (χ1v) is 3.68. The molecule has 1 heterocycles. The molecule has 0 aliphatic heterocycles. The number of nitrogens with two attached hydrogens (primary N) is 3. The molecule has 0 saturated carbocycles. The van der Waals surface area contributed by atoms with Gasteiger partial charge in [0.25, 0.3) is 0 Å². The normalized spacial score (nSPS) is 9.92. The van der Waals surface area contributed by atoms with Crippen molar-refractivity contribution in [3.63, 3.8) is 0 Å². The summed E-state index contributed by atoms with van der Waals surface area (Å²) in [4.78, 5) is 7.62. The fraction of sp³-hybridized carbons (Fsp3) is 0.333. The van der Waals surface area contributed by atoms with Crippen LogP contribution in [-0.2, 0) is 0 Å². The van der Waals surface area contributed by atoms with Crippen molar-refractivity contribution in [3.05, 3.63) is 0 Å². The Morgan fingerprint density at radius 1 is 1.15 bits per heavy atom. The van der Waals surface area contributed by atoms with E-state index in [2.05, 4.69) is 15.3 Å². The summed E-state index contributed by atoms with van der Waals surface area (Å²) < 4.78 is 0. The number of nitrogen functional groups attached to an aromatic ring is 3. The molecule has 0 aliphatic rings. The van der Waals surface area contributed by atoms with Gasteiger partial charge in [0, 0.05) is 6.54 Å². The number of aliphatic hydroxyl groups excluding tert-OH is 1. The third kappa shape index (κ3) is 2.09. The number of anilines is 4. The van der Waals surface area contributed by atoms with E-state index in [1.165, 1.54) is 0 Å². The molecule has 7 nitrogen and oxygen atoms in total. The van der Waals surface area contributed by atoms with Gasteiger partial charge < -0.3 is 27.6 Å². The number of hydrogen-bond acceptors (Lipinski definition) is 7. The van der Waals surface area contributed by atoms with Crippen LogP contribution in [0.2, 0.25) is 0 Å². The highest BCUT2D eigenvalue weighted by molar-refractivity contribution is 5.72. The summed E-state index contributed by atoms with van der Waals surface area (Å²) >= 11 is 0. The van der Waals surface area contributed by atoms with Gasteiger partial charge >= 0.3 is 0 Å². The Kier molecular flexibility index (Phi) is 2.70. The molecule has 0 bridgehead atoms. The molecule has 1 rings (SSSR count). The van der Waals surface area contributed by atoms with E-state index in [-0.39, 0.29) is 29.9 Å². The Morgan fingerprint density at radius 2 is 1.69 bits per heavy atom. The SMILES string of the molecule is Nc1nc(NCCO)nc(N)c1N. The van der Waals surface area contributed by atoms with Crippen LogP contribution >= 0.6 is 0 Å². The third-order valence-corrected chi connectivity index (χ3v) is 1.40. The zero-order chi connectivity index (χ0) is 9.84. The van der Waals surface area contributed by atoms with Gasteiger partial charge in [0.1, 0.15) is 5.69 Å². The van der Waals surface area contributed by atoms with Crippen LogP contribution in [0.25, 0.3) is 0 Å². The molecule has 0 unspecified atom stereocenters. The average molecular weight is 184 g/mol. The van der Waals surface area contributed by atoms with Crippen molar-refractivity contribution in [2.24, 2.45) is 0 Å². The van der Waals surface area contributed by atoms with Crippen molar-refractivity contribution < 1.29 is 5.11 Å². The van der Waals surface area contributed by atoms with Crippen LogP contribution in [0.3, 0.4) is 0 Å². The third-order valence-electron chi connectivity index (χ3n) is 1.40. The second kappa shape index (κ2) is 3.76. The summed E-state index contributed by atoms with van der Waals surface area (Å²) in [5, 5.41) is 11.2. The Morgan fingerprint density at radius 3 is 2.15 bits per heavy atom. The standard InChI is InChI=1S/C6H12N6O/c7-3-4(8)11-6(10-1-2-13)12-5(3)9/h13H,1-2,7H2,(H5,8,9,10,11,12). The molecule has 1 aromatic rings. The lowest BCUT2D eigenvalue weighted by Crippen LogP contribution is -2.12. The fourth-order valence-electron chi connectivity index (χ4n) is 0.752. The molecule has 7 heteroatoms. The molecule has 0 radical (unpaired) electrons. The lowest BCUT2D eigenvalue weighted by Gasteiger charge is -2.06. The highest BCUT2D eigenvalue weighted by Gasteiger charge is 2.05. The minimum atomic E-state index is -0.0203. The van der Waals surface area contributed by atoms with Crippen molar-refractivity contribution in [1.29, 1.82) is 0 Å². The minimum absolute atomic E-state index is 0.0203. The average Bonchev–Trinajstić information content (AvgIpc) is 2.10. The largest absolute Gasteiger partial charge is 0.395 e. The maximum absolute atomic E-state index is 8.52. The molecule has 0 atom stereocenters. The van der Waals surface area contributed by atoms with Crippen molar-refractivity contribution in [1.82, 2.24) is 9.97 Å². The Bertz CT molecular complexity index is 278. The van der Waals surface area contributed by atoms with Crippen molar-refractivity contribution in [2.75, 3.05) is 35.7 Å². The highest BCUT2D eigenvalue weighted by Crippen LogP contribution is 2.19. The molecule has 0 aliphatic carbocycles. The van der Waals surface area contributed by atoms with Crippen molar-refractivity contribution in [3.8, 4) is 0 Å². The first-order valence-electron chi connectivity index (χ1n) is 3.68. The van der Waals surface area contributed by atoms with Gasteiger partial charge in [-0.2, -0.15) is 9.97 Å². The lowest BCUT2D eigenvalue weighted by molar-refractivity contribution is 0.311. The zero-order valence-electron chi connectivity index (χ0n) is 6.99. The molecule has 13 heavy (non-hydrogen) atoms. The summed E-state index contributed by atoms with van der Waals surface area (Å²) in [6.07, 6.45) is 0. The zero-order valence-corrected chi connectivity index (χ0v) is 6.99. The van der Waals surface area contributed by atoms with Gasteiger partial charge in [-0.05, 0) is 0 Å². The van der Waals surface area contributed by atoms with E-state index in [4.69, 9.17) is 22.3 Å². The summed E-state index contributed by atoms with van der Waals surface area (Å²) in [5.74, 6) is 0.527. The van der Waals surface area contributed by atoms with Gasteiger partial charge in [-0.25, -0.2) is 0 Å². The van der Waals surface area contributed by atoms with Gasteiger partial charge in [-0.15, -0.1) is 0 Å². The van der Waals surface area contributed by atoms with Gasteiger partial charge in [0.05, 0.1) is 6.61 Å². The smallest absolute Gasteiger partial charge is 0.226 e. The second-order valence-corrected chi connectivity index (χ2v) is 2.38. The Hall–Kier alpha value is -1.76. The number of hydrogen-bond donors (Lipinski definition) is 5. The van der Waals surface area contributed by atoms with Gasteiger partial charge in [-0.1, -0.05) is 0 Å². The van der Waals surface area contributed by atoms with E-state index in [9.17, 15) is 0 Å². The lowest BCUT2D eigenvalue weighted by atomic mass is 10.4.